The van der Waals surface area contributed by atoms with Crippen LogP contribution in [-0.4, -0.2) is 36.5 Å². The predicted molar refractivity (Wildman–Crippen MR) is 77.7 cm³/mol. The molecule has 17 heavy (non-hydrogen) atoms. The van der Waals surface area contributed by atoms with Crippen LogP contribution in [0.5, 0.6) is 0 Å². The van der Waals surface area contributed by atoms with E-state index in [4.69, 9.17) is 0 Å². The first-order valence-electron chi connectivity index (χ1n) is 5.60. The second kappa shape index (κ2) is 5.82. The number of amides is 1. The average Bonchev–Trinajstić information content (AvgIpc) is 2.53. The van der Waals surface area contributed by atoms with Crippen LogP contribution in [-0.2, 0) is 0 Å². The molecule has 94 valence electrons. The van der Waals surface area contributed by atoms with E-state index in [1.54, 1.807) is 11.3 Å². The van der Waals surface area contributed by atoms with Crippen LogP contribution >= 0.6 is 43.2 Å². The maximum absolute atomic E-state index is 12.5. The van der Waals surface area contributed by atoms with E-state index >= 15 is 0 Å². The van der Waals surface area contributed by atoms with E-state index in [0.29, 0.717) is 6.04 Å². The lowest BCUT2D eigenvalue weighted by molar-refractivity contribution is 0.0615. The Kier molecular flexibility index (Phi) is 4.63. The van der Waals surface area contributed by atoms with Crippen molar-refractivity contribution in [3.8, 4) is 0 Å². The zero-order valence-corrected chi connectivity index (χ0v) is 13.5. The summed E-state index contributed by atoms with van der Waals surface area (Å²) in [7, 11) is 0. The van der Waals surface area contributed by atoms with Crippen molar-refractivity contribution in [3.63, 3.8) is 0 Å². The van der Waals surface area contributed by atoms with Crippen LogP contribution in [0.3, 0.4) is 0 Å². The van der Waals surface area contributed by atoms with Gasteiger partial charge in [-0.2, -0.15) is 0 Å². The molecule has 0 bridgehead atoms. The highest BCUT2D eigenvalue weighted by molar-refractivity contribution is 9.12. The molecule has 0 aliphatic carbocycles. The van der Waals surface area contributed by atoms with Gasteiger partial charge in [-0.25, -0.2) is 0 Å². The summed E-state index contributed by atoms with van der Waals surface area (Å²) < 4.78 is 1.89. The summed E-state index contributed by atoms with van der Waals surface area (Å²) in [5.74, 6) is 0.132. The lowest BCUT2D eigenvalue weighted by atomic mass is 10.1. The summed E-state index contributed by atoms with van der Waals surface area (Å²) in [6.45, 7) is 4.75. The highest BCUT2D eigenvalue weighted by Gasteiger charge is 2.30. The van der Waals surface area contributed by atoms with Crippen LogP contribution in [0, 0.1) is 0 Å². The Bertz CT molecular complexity index is 418. The molecule has 0 radical (unpaired) electrons. The quantitative estimate of drug-likeness (QED) is 0.868. The molecule has 3 nitrogen and oxygen atoms in total. The molecule has 6 heteroatoms. The van der Waals surface area contributed by atoms with Gasteiger partial charge in [0.15, 0.2) is 0 Å². The minimum absolute atomic E-state index is 0.132. The van der Waals surface area contributed by atoms with Crippen molar-refractivity contribution in [1.29, 1.82) is 0 Å². The monoisotopic (exact) mass is 380 g/mol. The molecule has 1 N–H and O–H groups in total. The summed E-state index contributed by atoms with van der Waals surface area (Å²) in [6.07, 6.45) is 0.991. The maximum Gasteiger partial charge on any atom is 0.256 e. The molecule has 0 saturated carbocycles. The lowest BCUT2D eigenvalue weighted by Crippen LogP contribution is -2.59. The van der Waals surface area contributed by atoms with E-state index in [9.17, 15) is 4.79 Å². The second-order valence-corrected chi connectivity index (χ2v) is 7.80. The van der Waals surface area contributed by atoms with E-state index in [-0.39, 0.29) is 5.91 Å². The molecule has 0 unspecified atom stereocenters. The van der Waals surface area contributed by atoms with Gasteiger partial charge >= 0.3 is 0 Å². The van der Waals surface area contributed by atoms with Crippen molar-refractivity contribution in [1.82, 2.24) is 10.2 Å². The van der Waals surface area contributed by atoms with Gasteiger partial charge in [0.2, 0.25) is 0 Å². The second-order valence-electron chi connectivity index (χ2n) is 4.05. The summed E-state index contributed by atoms with van der Waals surface area (Å²) in [6, 6.07) is 2.25. The summed E-state index contributed by atoms with van der Waals surface area (Å²) in [5.41, 5.74) is 0.766. The van der Waals surface area contributed by atoms with Gasteiger partial charge in [0.25, 0.3) is 5.91 Å². The molecule has 2 rings (SSSR count). The fraction of sp³-hybridized carbons (Fsp3) is 0.545. The van der Waals surface area contributed by atoms with Crippen molar-refractivity contribution in [2.75, 3.05) is 19.6 Å². The first kappa shape index (κ1) is 13.5. The van der Waals surface area contributed by atoms with Crippen molar-refractivity contribution in [2.45, 2.75) is 19.4 Å². The van der Waals surface area contributed by atoms with Crippen molar-refractivity contribution in [3.05, 3.63) is 19.2 Å². The normalized spacial score (nSPS) is 15.7. The van der Waals surface area contributed by atoms with Crippen LogP contribution in [0.2, 0.25) is 0 Å². The standard InChI is InChI=1S/C11H14Br2N2OS/c1-2-3-15(7-5-14-6-7)11(16)8-4-9(12)17-10(8)13/h4,7,14H,2-3,5-6H2,1H3. The highest BCUT2D eigenvalue weighted by Crippen LogP contribution is 2.33. The number of hydrogen-bond acceptors (Lipinski definition) is 3. The molecule has 0 atom stereocenters. The zero-order chi connectivity index (χ0) is 12.4. The van der Waals surface area contributed by atoms with Crippen LogP contribution in [0.15, 0.2) is 13.6 Å². The van der Waals surface area contributed by atoms with Gasteiger partial charge in [-0.05, 0) is 44.3 Å². The minimum Gasteiger partial charge on any atom is -0.333 e. The molecule has 1 aliphatic heterocycles. The number of nitrogens with zero attached hydrogens (tertiary/aromatic N) is 1. The van der Waals surface area contributed by atoms with E-state index in [0.717, 1.165) is 39.2 Å². The van der Waals surface area contributed by atoms with Crippen molar-refractivity contribution >= 4 is 49.1 Å². The van der Waals surface area contributed by atoms with Gasteiger partial charge < -0.3 is 10.2 Å². The number of thiophene rings is 1. The predicted octanol–water partition coefficient (Wildman–Crippen LogP) is 3.10. The van der Waals surface area contributed by atoms with E-state index in [1.807, 2.05) is 11.0 Å². The average molecular weight is 382 g/mol. The highest BCUT2D eigenvalue weighted by atomic mass is 79.9. The topological polar surface area (TPSA) is 32.3 Å². The number of nitrogens with one attached hydrogen (secondary N) is 1. The largest absolute Gasteiger partial charge is 0.333 e. The first-order valence-corrected chi connectivity index (χ1v) is 8.00. The van der Waals surface area contributed by atoms with Crippen LogP contribution < -0.4 is 5.32 Å². The Hall–Kier alpha value is 0.0900. The molecular weight excluding hydrogens is 368 g/mol. The Labute approximate surface area is 122 Å². The summed E-state index contributed by atoms with van der Waals surface area (Å²) >= 11 is 8.41. The van der Waals surface area contributed by atoms with Crippen LogP contribution in [0.1, 0.15) is 23.7 Å². The molecule has 2 heterocycles. The third-order valence-corrected chi connectivity index (χ3v) is 5.15. The molecule has 1 aliphatic rings. The zero-order valence-electron chi connectivity index (χ0n) is 9.50. The fourth-order valence-electron chi connectivity index (χ4n) is 1.83. The number of rotatable bonds is 4. The molecule has 1 aromatic heterocycles. The lowest BCUT2D eigenvalue weighted by Gasteiger charge is -2.38. The molecule has 1 fully saturated rings. The fourth-order valence-corrected chi connectivity index (χ4v) is 4.60. The molecule has 0 spiro atoms. The first-order chi connectivity index (χ1) is 8.13. The minimum atomic E-state index is 0.132. The van der Waals surface area contributed by atoms with Gasteiger partial charge in [0.05, 0.1) is 19.2 Å². The Morgan fingerprint density at radius 2 is 2.29 bits per heavy atom. The number of hydrogen-bond donors (Lipinski definition) is 1. The Balaban J connectivity index is 2.17. The van der Waals surface area contributed by atoms with Crippen molar-refractivity contribution < 1.29 is 4.79 Å². The third-order valence-electron chi connectivity index (χ3n) is 2.81. The SMILES string of the molecule is CCCN(C(=O)c1cc(Br)sc1Br)C1CNC1. The van der Waals surface area contributed by atoms with Crippen LogP contribution in [0.25, 0.3) is 0 Å². The van der Waals surface area contributed by atoms with E-state index < -0.39 is 0 Å². The molecular formula is C11H14Br2N2OS. The molecule has 1 saturated heterocycles. The van der Waals surface area contributed by atoms with Gasteiger partial charge in [-0.1, -0.05) is 6.92 Å². The smallest absolute Gasteiger partial charge is 0.256 e. The van der Waals surface area contributed by atoms with E-state index in [2.05, 4.69) is 44.1 Å². The van der Waals surface area contributed by atoms with Gasteiger partial charge in [0.1, 0.15) is 0 Å². The number of halogens is 2. The van der Waals surface area contributed by atoms with Gasteiger partial charge in [-0.3, -0.25) is 4.79 Å². The summed E-state index contributed by atoms with van der Waals surface area (Å²) in [5, 5.41) is 3.21. The Morgan fingerprint density at radius 3 is 2.71 bits per heavy atom. The summed E-state index contributed by atoms with van der Waals surface area (Å²) in [4.78, 5) is 14.4. The van der Waals surface area contributed by atoms with Crippen LogP contribution in [0.4, 0.5) is 0 Å². The molecule has 1 aromatic rings. The maximum atomic E-state index is 12.5. The van der Waals surface area contributed by atoms with Gasteiger partial charge in [-0.15, -0.1) is 11.3 Å². The number of carbonyl (C=O) groups is 1. The van der Waals surface area contributed by atoms with Crippen molar-refractivity contribution in [2.24, 2.45) is 0 Å². The third kappa shape index (κ3) is 2.92. The van der Waals surface area contributed by atoms with E-state index in [1.165, 1.54) is 0 Å². The molecule has 1 amide bonds. The number of carbonyl (C=O) groups excluding carboxylic acids is 1. The molecule has 0 aromatic carbocycles. The Morgan fingerprint density at radius 1 is 1.59 bits per heavy atom. The van der Waals surface area contributed by atoms with Gasteiger partial charge in [0, 0.05) is 19.6 Å².